The number of hydrogen-bond acceptors (Lipinski definition) is 3. The third-order valence-electron chi connectivity index (χ3n) is 3.96. The number of unbranched alkanes of at least 4 members (excludes halogenated alkanes) is 1. The first kappa shape index (κ1) is 15.2. The van der Waals surface area contributed by atoms with Gasteiger partial charge in [0, 0.05) is 25.1 Å². The highest BCUT2D eigenvalue weighted by Gasteiger charge is 2.14. The van der Waals surface area contributed by atoms with Crippen molar-refractivity contribution in [1.82, 2.24) is 9.55 Å². The summed E-state index contributed by atoms with van der Waals surface area (Å²) < 4.78 is 2.19. The molecule has 0 aliphatic carbocycles. The zero-order valence-corrected chi connectivity index (χ0v) is 13.1. The van der Waals surface area contributed by atoms with Crippen LogP contribution in [0, 0.1) is 10.1 Å². The first-order valence-corrected chi connectivity index (χ1v) is 7.86. The van der Waals surface area contributed by atoms with Gasteiger partial charge in [-0.3, -0.25) is 10.1 Å². The van der Waals surface area contributed by atoms with Gasteiger partial charge in [-0.25, -0.2) is 4.98 Å². The van der Waals surface area contributed by atoms with E-state index < -0.39 is 0 Å². The third-order valence-corrected chi connectivity index (χ3v) is 3.96. The van der Waals surface area contributed by atoms with Crippen LogP contribution in [0.2, 0.25) is 0 Å². The van der Waals surface area contributed by atoms with Crippen molar-refractivity contribution in [2.75, 3.05) is 0 Å². The van der Waals surface area contributed by atoms with Crippen molar-refractivity contribution in [2.45, 2.75) is 32.7 Å². The molecule has 0 atom stereocenters. The molecule has 0 fully saturated rings. The second kappa shape index (κ2) is 6.60. The van der Waals surface area contributed by atoms with E-state index in [1.165, 1.54) is 5.56 Å². The average Bonchev–Trinajstić information content (AvgIpc) is 2.90. The molecular formula is C18H19N3O2. The Bertz CT molecular complexity index is 825. The maximum Gasteiger partial charge on any atom is 0.271 e. The molecule has 2 aromatic carbocycles. The maximum absolute atomic E-state index is 11.0. The zero-order chi connectivity index (χ0) is 16.2. The summed E-state index contributed by atoms with van der Waals surface area (Å²) in [6.45, 7) is 3.04. The molecule has 0 saturated carbocycles. The van der Waals surface area contributed by atoms with Gasteiger partial charge in [-0.05, 0) is 18.1 Å². The van der Waals surface area contributed by atoms with Crippen molar-refractivity contribution >= 4 is 16.7 Å². The van der Waals surface area contributed by atoms with E-state index in [0.29, 0.717) is 5.52 Å². The Balaban J connectivity index is 2.05. The smallest absolute Gasteiger partial charge is 0.271 e. The predicted octanol–water partition coefficient (Wildman–Crippen LogP) is 4.34. The minimum atomic E-state index is -0.374. The van der Waals surface area contributed by atoms with Crippen molar-refractivity contribution in [3.63, 3.8) is 0 Å². The molecule has 0 amide bonds. The van der Waals surface area contributed by atoms with Crippen molar-refractivity contribution in [3.8, 4) is 0 Å². The highest BCUT2D eigenvalue weighted by molar-refractivity contribution is 5.78. The Morgan fingerprint density at radius 3 is 2.65 bits per heavy atom. The topological polar surface area (TPSA) is 61.0 Å². The van der Waals surface area contributed by atoms with Crippen LogP contribution >= 0.6 is 0 Å². The van der Waals surface area contributed by atoms with Crippen LogP contribution in [0.1, 0.15) is 31.2 Å². The van der Waals surface area contributed by atoms with Crippen LogP contribution in [0.25, 0.3) is 11.0 Å². The standard InChI is InChI=1S/C18H19N3O2/c1-2-3-11-20-17-10-9-15(21(22)23)13-16(17)19-18(20)12-14-7-5-4-6-8-14/h4-10,13H,2-3,11-12H2,1H3. The van der Waals surface area contributed by atoms with Crippen LogP contribution in [0.3, 0.4) is 0 Å². The summed E-state index contributed by atoms with van der Waals surface area (Å²) >= 11 is 0. The predicted molar refractivity (Wildman–Crippen MR) is 90.5 cm³/mol. The number of aryl methyl sites for hydroxylation is 1. The second-order valence-electron chi connectivity index (χ2n) is 5.63. The fraction of sp³-hybridized carbons (Fsp3) is 0.278. The molecule has 0 saturated heterocycles. The second-order valence-corrected chi connectivity index (χ2v) is 5.63. The van der Waals surface area contributed by atoms with Crippen molar-refractivity contribution in [2.24, 2.45) is 0 Å². The number of non-ortho nitro benzene ring substituents is 1. The van der Waals surface area contributed by atoms with E-state index in [1.807, 2.05) is 24.3 Å². The molecule has 5 nitrogen and oxygen atoms in total. The van der Waals surface area contributed by atoms with E-state index in [0.717, 1.165) is 37.1 Å². The largest absolute Gasteiger partial charge is 0.328 e. The molecule has 0 N–H and O–H groups in total. The quantitative estimate of drug-likeness (QED) is 0.503. The van der Waals surface area contributed by atoms with Gasteiger partial charge in [-0.2, -0.15) is 0 Å². The SMILES string of the molecule is CCCCn1c(Cc2ccccc2)nc2cc([N+](=O)[O-])ccc21. The van der Waals surface area contributed by atoms with E-state index >= 15 is 0 Å². The fourth-order valence-electron chi connectivity index (χ4n) is 2.76. The van der Waals surface area contributed by atoms with Crippen LogP contribution in [-0.4, -0.2) is 14.5 Å². The van der Waals surface area contributed by atoms with Crippen LogP contribution in [-0.2, 0) is 13.0 Å². The molecular weight excluding hydrogens is 290 g/mol. The van der Waals surface area contributed by atoms with Crippen LogP contribution in [0.5, 0.6) is 0 Å². The number of fused-ring (bicyclic) bond motifs is 1. The van der Waals surface area contributed by atoms with E-state index in [1.54, 1.807) is 12.1 Å². The molecule has 3 aromatic rings. The molecule has 0 bridgehead atoms. The average molecular weight is 309 g/mol. The lowest BCUT2D eigenvalue weighted by Gasteiger charge is -2.08. The molecule has 3 rings (SSSR count). The van der Waals surface area contributed by atoms with Gasteiger partial charge in [-0.1, -0.05) is 43.7 Å². The number of nitrogens with zero attached hydrogens (tertiary/aromatic N) is 3. The van der Waals surface area contributed by atoms with Gasteiger partial charge in [0.2, 0.25) is 0 Å². The Kier molecular flexibility index (Phi) is 4.37. The minimum Gasteiger partial charge on any atom is -0.328 e. The summed E-state index contributed by atoms with van der Waals surface area (Å²) in [7, 11) is 0. The molecule has 0 aliphatic rings. The number of rotatable bonds is 6. The van der Waals surface area contributed by atoms with Crippen LogP contribution in [0.4, 0.5) is 5.69 Å². The molecule has 118 valence electrons. The van der Waals surface area contributed by atoms with Gasteiger partial charge >= 0.3 is 0 Å². The van der Waals surface area contributed by atoms with E-state index in [9.17, 15) is 10.1 Å². The van der Waals surface area contributed by atoms with Crippen LogP contribution in [0.15, 0.2) is 48.5 Å². The third kappa shape index (κ3) is 3.23. The first-order valence-electron chi connectivity index (χ1n) is 7.86. The van der Waals surface area contributed by atoms with Crippen molar-refractivity contribution < 1.29 is 4.92 Å². The summed E-state index contributed by atoms with van der Waals surface area (Å²) in [5, 5.41) is 11.0. The molecule has 1 aromatic heterocycles. The van der Waals surface area contributed by atoms with Gasteiger partial charge < -0.3 is 4.57 Å². The molecule has 0 radical (unpaired) electrons. The number of benzene rings is 2. The maximum atomic E-state index is 11.0. The summed E-state index contributed by atoms with van der Waals surface area (Å²) in [6.07, 6.45) is 2.88. The van der Waals surface area contributed by atoms with Crippen molar-refractivity contribution in [3.05, 3.63) is 70.0 Å². The van der Waals surface area contributed by atoms with Crippen molar-refractivity contribution in [1.29, 1.82) is 0 Å². The van der Waals surface area contributed by atoms with Gasteiger partial charge in [-0.15, -0.1) is 0 Å². The van der Waals surface area contributed by atoms with Crippen LogP contribution < -0.4 is 0 Å². The molecule has 1 heterocycles. The number of hydrogen-bond donors (Lipinski definition) is 0. The Morgan fingerprint density at radius 1 is 1.17 bits per heavy atom. The van der Waals surface area contributed by atoms with E-state index in [2.05, 4.69) is 28.6 Å². The highest BCUT2D eigenvalue weighted by atomic mass is 16.6. The summed E-state index contributed by atoms with van der Waals surface area (Å²) in [4.78, 5) is 15.3. The molecule has 23 heavy (non-hydrogen) atoms. The van der Waals surface area contributed by atoms with E-state index in [-0.39, 0.29) is 10.6 Å². The number of imidazole rings is 1. The van der Waals surface area contributed by atoms with E-state index in [4.69, 9.17) is 0 Å². The molecule has 0 spiro atoms. The monoisotopic (exact) mass is 309 g/mol. The summed E-state index contributed by atoms with van der Waals surface area (Å²) in [5.41, 5.74) is 2.94. The van der Waals surface area contributed by atoms with Gasteiger partial charge in [0.25, 0.3) is 5.69 Å². The Hall–Kier alpha value is -2.69. The molecule has 0 aliphatic heterocycles. The zero-order valence-electron chi connectivity index (χ0n) is 13.1. The normalized spacial score (nSPS) is 11.0. The Morgan fingerprint density at radius 2 is 1.96 bits per heavy atom. The number of aromatic nitrogens is 2. The number of nitro benzene ring substituents is 1. The van der Waals surface area contributed by atoms with Gasteiger partial charge in [0.1, 0.15) is 5.82 Å². The first-order chi connectivity index (χ1) is 11.2. The molecule has 5 heteroatoms. The lowest BCUT2D eigenvalue weighted by molar-refractivity contribution is -0.384. The molecule has 0 unspecified atom stereocenters. The summed E-state index contributed by atoms with van der Waals surface area (Å²) in [6, 6.07) is 15.1. The fourth-order valence-corrected chi connectivity index (χ4v) is 2.76. The van der Waals surface area contributed by atoms with Gasteiger partial charge in [0.15, 0.2) is 0 Å². The lowest BCUT2D eigenvalue weighted by atomic mass is 10.1. The highest BCUT2D eigenvalue weighted by Crippen LogP contribution is 2.23. The summed E-state index contributed by atoms with van der Waals surface area (Å²) in [5.74, 6) is 0.958. The van der Waals surface area contributed by atoms with Gasteiger partial charge in [0.05, 0.1) is 16.0 Å². The minimum absolute atomic E-state index is 0.0869. The number of nitro groups is 1. The lowest BCUT2D eigenvalue weighted by Crippen LogP contribution is -2.04. The Labute approximate surface area is 134 Å².